The van der Waals surface area contributed by atoms with Crippen molar-refractivity contribution in [3.63, 3.8) is 0 Å². The van der Waals surface area contributed by atoms with Crippen LogP contribution in [0.2, 0.25) is 0 Å². The smallest absolute Gasteiger partial charge is 0.164 e. The van der Waals surface area contributed by atoms with Crippen molar-refractivity contribution in [1.29, 1.82) is 0 Å². The Labute approximate surface area is 327 Å². The Kier molecular flexibility index (Phi) is 7.11. The van der Waals surface area contributed by atoms with Gasteiger partial charge in [0.05, 0.1) is 5.41 Å². The predicted molar refractivity (Wildman–Crippen MR) is 229 cm³/mol. The lowest BCUT2D eigenvalue weighted by atomic mass is 9.55. The van der Waals surface area contributed by atoms with Gasteiger partial charge in [-0.05, 0) is 78.5 Å². The van der Waals surface area contributed by atoms with Gasteiger partial charge < -0.3 is 0 Å². The van der Waals surface area contributed by atoms with Gasteiger partial charge in [0.25, 0.3) is 0 Å². The van der Waals surface area contributed by atoms with Crippen molar-refractivity contribution in [2.45, 2.75) is 24.7 Å². The van der Waals surface area contributed by atoms with Gasteiger partial charge in [-0.2, -0.15) is 0 Å². The third-order valence-corrected chi connectivity index (χ3v) is 12.2. The van der Waals surface area contributed by atoms with E-state index in [1.165, 1.54) is 55.6 Å². The lowest BCUT2D eigenvalue weighted by Crippen LogP contribution is -2.40. The fourth-order valence-corrected chi connectivity index (χ4v) is 9.63. The molecule has 0 radical (unpaired) electrons. The van der Waals surface area contributed by atoms with Crippen LogP contribution < -0.4 is 0 Å². The van der Waals surface area contributed by atoms with Crippen molar-refractivity contribution in [2.75, 3.05) is 0 Å². The number of hydrogen-bond donors (Lipinski definition) is 0. The van der Waals surface area contributed by atoms with Crippen LogP contribution in [0.4, 0.5) is 0 Å². The Hall–Kier alpha value is -6.97. The van der Waals surface area contributed by atoms with Crippen LogP contribution in [-0.4, -0.2) is 15.0 Å². The van der Waals surface area contributed by atoms with Gasteiger partial charge in [-0.3, -0.25) is 0 Å². The van der Waals surface area contributed by atoms with Crippen LogP contribution in [0.5, 0.6) is 0 Å². The van der Waals surface area contributed by atoms with E-state index in [4.69, 9.17) is 15.0 Å². The maximum atomic E-state index is 5.05. The maximum absolute atomic E-state index is 5.05. The van der Waals surface area contributed by atoms with Crippen molar-refractivity contribution < 1.29 is 0 Å². The Morgan fingerprint density at radius 3 is 1.45 bits per heavy atom. The normalized spacial score (nSPS) is 14.2. The molecule has 2 aliphatic rings. The molecular formula is C53H37N3. The maximum Gasteiger partial charge on any atom is 0.164 e. The van der Waals surface area contributed by atoms with Gasteiger partial charge in [-0.1, -0.05) is 190 Å². The molecule has 1 aromatic heterocycles. The summed E-state index contributed by atoms with van der Waals surface area (Å²) >= 11 is 0. The summed E-state index contributed by atoms with van der Waals surface area (Å²) in [6.07, 6.45) is 0. The highest BCUT2D eigenvalue weighted by Crippen LogP contribution is 2.62. The van der Waals surface area contributed by atoms with Gasteiger partial charge in [-0.25, -0.2) is 15.0 Å². The van der Waals surface area contributed by atoms with E-state index in [9.17, 15) is 0 Å². The fourth-order valence-electron chi connectivity index (χ4n) is 9.63. The lowest BCUT2D eigenvalue weighted by molar-refractivity contribution is 0.563. The van der Waals surface area contributed by atoms with Crippen molar-refractivity contribution >= 4 is 10.8 Å². The molecule has 0 saturated carbocycles. The van der Waals surface area contributed by atoms with E-state index in [-0.39, 0.29) is 5.41 Å². The second kappa shape index (κ2) is 12.3. The SMILES string of the molecule is CC1(C)c2ccccc2C2(c3ccccc3-c3cc(-c4ccc5c(-c6nc(-c7ccccc7)nc(-c7ccccc7)n6)cccc5c4)ccc32)c2ccccc21. The molecule has 0 fully saturated rings. The second-order valence-corrected chi connectivity index (χ2v) is 15.6. The Morgan fingerprint density at radius 1 is 0.321 bits per heavy atom. The average molecular weight is 716 g/mol. The molecule has 0 bridgehead atoms. The van der Waals surface area contributed by atoms with Gasteiger partial charge in [0.2, 0.25) is 0 Å². The summed E-state index contributed by atoms with van der Waals surface area (Å²) in [6.45, 7) is 4.75. The summed E-state index contributed by atoms with van der Waals surface area (Å²) < 4.78 is 0. The Morgan fingerprint density at radius 2 is 0.804 bits per heavy atom. The molecule has 0 N–H and O–H groups in total. The van der Waals surface area contributed by atoms with E-state index in [0.717, 1.165) is 27.5 Å². The number of aromatic nitrogens is 3. The third kappa shape index (κ3) is 4.67. The highest BCUT2D eigenvalue weighted by Gasteiger charge is 2.53. The number of hydrogen-bond acceptors (Lipinski definition) is 3. The highest BCUT2D eigenvalue weighted by atomic mass is 15.0. The first-order chi connectivity index (χ1) is 27.5. The van der Waals surface area contributed by atoms with Crippen molar-refractivity contribution in [1.82, 2.24) is 15.0 Å². The molecule has 56 heavy (non-hydrogen) atoms. The Bertz CT molecular complexity index is 2890. The number of benzene rings is 8. The molecule has 0 unspecified atom stereocenters. The van der Waals surface area contributed by atoms with Gasteiger partial charge in [0.15, 0.2) is 17.5 Å². The molecule has 3 heteroatoms. The molecule has 264 valence electrons. The zero-order valence-electron chi connectivity index (χ0n) is 31.2. The van der Waals surface area contributed by atoms with Crippen molar-refractivity contribution in [3.8, 4) is 56.4 Å². The average Bonchev–Trinajstić information content (AvgIpc) is 3.56. The van der Waals surface area contributed by atoms with E-state index in [1.807, 2.05) is 60.7 Å². The molecule has 0 amide bonds. The molecule has 3 nitrogen and oxygen atoms in total. The minimum Gasteiger partial charge on any atom is -0.208 e. The molecule has 9 aromatic rings. The van der Waals surface area contributed by atoms with E-state index < -0.39 is 5.41 Å². The van der Waals surface area contributed by atoms with Crippen LogP contribution in [0.25, 0.3) is 67.2 Å². The van der Waals surface area contributed by atoms with Crippen molar-refractivity contribution in [3.05, 3.63) is 221 Å². The molecule has 0 saturated heterocycles. The summed E-state index contributed by atoms with van der Waals surface area (Å²) in [5, 5.41) is 2.24. The number of rotatable bonds is 4. The zero-order chi connectivity index (χ0) is 37.4. The molecule has 1 heterocycles. The predicted octanol–water partition coefficient (Wildman–Crippen LogP) is 12.7. The topological polar surface area (TPSA) is 38.7 Å². The molecule has 0 atom stereocenters. The number of nitrogens with zero attached hydrogens (tertiary/aromatic N) is 3. The van der Waals surface area contributed by atoms with Gasteiger partial charge >= 0.3 is 0 Å². The van der Waals surface area contributed by atoms with Crippen LogP contribution in [0, 0.1) is 0 Å². The molecule has 8 aromatic carbocycles. The summed E-state index contributed by atoms with van der Waals surface area (Å²) in [5.74, 6) is 1.98. The van der Waals surface area contributed by atoms with E-state index in [0.29, 0.717) is 17.5 Å². The summed E-state index contributed by atoms with van der Waals surface area (Å²) in [4.78, 5) is 15.0. The van der Waals surface area contributed by atoms with E-state index in [2.05, 4.69) is 141 Å². The summed E-state index contributed by atoms with van der Waals surface area (Å²) in [6, 6.07) is 67.9. The third-order valence-electron chi connectivity index (χ3n) is 12.2. The van der Waals surface area contributed by atoms with Crippen LogP contribution in [0.3, 0.4) is 0 Å². The van der Waals surface area contributed by atoms with Gasteiger partial charge in [0.1, 0.15) is 0 Å². The standard InChI is InChI=1S/C53H37N3/c1-52(2)45-24-11-13-26-47(45)53(48-27-14-12-25-46(48)52)43-23-10-9-21-40(43)42-33-37(29-31-44(42)53)36-28-30-39-38(32-36)20-15-22-41(39)51-55-49(34-16-5-3-6-17-34)54-50(56-51)35-18-7-4-8-19-35/h3-33H,1-2H3. The summed E-state index contributed by atoms with van der Waals surface area (Å²) in [7, 11) is 0. The van der Waals surface area contributed by atoms with E-state index >= 15 is 0 Å². The lowest BCUT2D eigenvalue weighted by Gasteiger charge is -2.46. The molecule has 0 aliphatic heterocycles. The van der Waals surface area contributed by atoms with E-state index in [1.54, 1.807) is 0 Å². The molecular weight excluding hydrogens is 679 g/mol. The fraction of sp³-hybridized carbons (Fsp3) is 0.0755. The van der Waals surface area contributed by atoms with Crippen LogP contribution in [-0.2, 0) is 10.8 Å². The number of fused-ring (bicyclic) bond motifs is 10. The molecule has 1 spiro atoms. The quantitative estimate of drug-likeness (QED) is 0.182. The minimum absolute atomic E-state index is 0.118. The van der Waals surface area contributed by atoms with Crippen LogP contribution in [0.1, 0.15) is 47.2 Å². The largest absolute Gasteiger partial charge is 0.208 e. The summed E-state index contributed by atoms with van der Waals surface area (Å²) in [5.41, 5.74) is 15.6. The Balaban J connectivity index is 1.06. The zero-order valence-corrected chi connectivity index (χ0v) is 31.2. The highest BCUT2D eigenvalue weighted by molar-refractivity contribution is 5.98. The first-order valence-electron chi connectivity index (χ1n) is 19.4. The van der Waals surface area contributed by atoms with Crippen LogP contribution in [0.15, 0.2) is 188 Å². The first kappa shape index (κ1) is 32.5. The second-order valence-electron chi connectivity index (χ2n) is 15.6. The van der Waals surface area contributed by atoms with Gasteiger partial charge in [0, 0.05) is 22.1 Å². The minimum atomic E-state index is -0.396. The van der Waals surface area contributed by atoms with Crippen molar-refractivity contribution in [2.24, 2.45) is 0 Å². The van der Waals surface area contributed by atoms with Gasteiger partial charge in [-0.15, -0.1) is 0 Å². The molecule has 11 rings (SSSR count). The molecule has 2 aliphatic carbocycles. The first-order valence-corrected chi connectivity index (χ1v) is 19.4. The monoisotopic (exact) mass is 715 g/mol. The van der Waals surface area contributed by atoms with Crippen LogP contribution >= 0.6 is 0 Å².